The number of rotatable bonds is 7. The number of methoxy groups -OCH3 is 1. The second kappa shape index (κ2) is 10.8. The van der Waals surface area contributed by atoms with E-state index in [9.17, 15) is 9.59 Å². The normalized spacial score (nSPS) is 16.7. The molecule has 34 heavy (non-hydrogen) atoms. The fourth-order valence-electron chi connectivity index (χ4n) is 3.51. The Morgan fingerprint density at radius 2 is 1.85 bits per heavy atom. The van der Waals surface area contributed by atoms with Gasteiger partial charge in [-0.3, -0.25) is 14.5 Å². The minimum Gasteiger partial charge on any atom is -0.497 e. The molecule has 0 radical (unpaired) electrons. The lowest BCUT2D eigenvalue weighted by Gasteiger charge is -2.17. The highest BCUT2D eigenvalue weighted by Crippen LogP contribution is 2.33. The van der Waals surface area contributed by atoms with Gasteiger partial charge in [-0.2, -0.15) is 0 Å². The first-order chi connectivity index (χ1) is 16.4. The molecule has 1 fully saturated rings. The number of anilines is 1. The van der Waals surface area contributed by atoms with Crippen LogP contribution in [-0.2, 0) is 16.1 Å². The Hall–Kier alpha value is -3.29. The van der Waals surface area contributed by atoms with Gasteiger partial charge in [0.1, 0.15) is 11.0 Å². The molecule has 0 spiro atoms. The summed E-state index contributed by atoms with van der Waals surface area (Å²) < 4.78 is 5.21. The zero-order valence-corrected chi connectivity index (χ0v) is 20.4. The number of hydrogen-bond acceptors (Lipinski definition) is 5. The number of carbonyl (C=O) groups is 2. The number of nitrogens with zero attached hydrogens (tertiary/aromatic N) is 2. The number of nitrogens with one attached hydrogen (secondary N) is 1. The standard InChI is InChI=1S/C26H24ClN3O3S/c1-17-4-3-5-21(14-17)28-24(31)15-23-25(32)30(16-18-6-8-19(27)9-7-18)26(34-23)29-20-10-12-22(33-2)13-11-20/h3-14,23H,15-16H2,1-2H3,(H,28,31)/t23-/m1/s1. The molecule has 0 unspecified atom stereocenters. The molecule has 3 aromatic rings. The fraction of sp³-hybridized carbons (Fsp3) is 0.192. The van der Waals surface area contributed by atoms with Gasteiger partial charge in [0.2, 0.25) is 11.8 Å². The van der Waals surface area contributed by atoms with Gasteiger partial charge < -0.3 is 10.1 Å². The highest BCUT2D eigenvalue weighted by atomic mass is 35.5. The molecule has 1 aliphatic rings. The number of halogens is 1. The van der Waals surface area contributed by atoms with Crippen LogP contribution < -0.4 is 10.1 Å². The van der Waals surface area contributed by atoms with Gasteiger partial charge in [-0.15, -0.1) is 0 Å². The molecule has 0 aromatic heterocycles. The number of aliphatic imine (C=N–C) groups is 1. The summed E-state index contributed by atoms with van der Waals surface area (Å²) in [5.74, 6) is 0.364. The highest BCUT2D eigenvalue weighted by molar-refractivity contribution is 8.15. The molecule has 4 rings (SSSR count). The molecule has 0 bridgehead atoms. The first-order valence-corrected chi connectivity index (χ1v) is 12.0. The van der Waals surface area contributed by atoms with E-state index in [-0.39, 0.29) is 18.2 Å². The van der Waals surface area contributed by atoms with Gasteiger partial charge in [0.05, 0.1) is 19.3 Å². The van der Waals surface area contributed by atoms with Crippen LogP contribution in [0.15, 0.2) is 77.8 Å². The summed E-state index contributed by atoms with van der Waals surface area (Å²) in [7, 11) is 1.60. The van der Waals surface area contributed by atoms with Crippen molar-refractivity contribution in [3.05, 3.63) is 88.9 Å². The molecule has 0 aliphatic carbocycles. The predicted molar refractivity (Wildman–Crippen MR) is 138 cm³/mol. The summed E-state index contributed by atoms with van der Waals surface area (Å²) in [6.45, 7) is 2.30. The van der Waals surface area contributed by atoms with E-state index < -0.39 is 5.25 Å². The quantitative estimate of drug-likeness (QED) is 0.450. The number of thioether (sulfide) groups is 1. The average molecular weight is 494 g/mol. The third-order valence-corrected chi connectivity index (χ3v) is 6.67. The maximum absolute atomic E-state index is 13.3. The molecular formula is C26H24ClN3O3S. The Kier molecular flexibility index (Phi) is 7.55. The second-order valence-electron chi connectivity index (χ2n) is 7.87. The Labute approximate surface area is 208 Å². The van der Waals surface area contributed by atoms with E-state index in [0.29, 0.717) is 28.1 Å². The number of benzene rings is 3. The average Bonchev–Trinajstić information content (AvgIpc) is 3.09. The Balaban J connectivity index is 1.54. The van der Waals surface area contributed by atoms with E-state index >= 15 is 0 Å². The largest absolute Gasteiger partial charge is 0.497 e. The molecule has 2 amide bonds. The summed E-state index contributed by atoms with van der Waals surface area (Å²) in [6.07, 6.45) is 0.0518. The number of ether oxygens (including phenoxy) is 1. The van der Waals surface area contributed by atoms with Crippen molar-refractivity contribution >= 4 is 51.7 Å². The summed E-state index contributed by atoms with van der Waals surface area (Å²) in [5.41, 5.74) is 3.38. The first-order valence-electron chi connectivity index (χ1n) is 10.7. The molecule has 0 saturated carbocycles. The van der Waals surface area contributed by atoms with Gasteiger partial charge in [0, 0.05) is 17.1 Å². The van der Waals surface area contributed by atoms with Crippen molar-refractivity contribution in [3.63, 3.8) is 0 Å². The maximum atomic E-state index is 13.3. The molecular weight excluding hydrogens is 470 g/mol. The topological polar surface area (TPSA) is 71.0 Å². The van der Waals surface area contributed by atoms with E-state index in [4.69, 9.17) is 21.3 Å². The monoisotopic (exact) mass is 493 g/mol. The molecule has 1 aliphatic heterocycles. The van der Waals surface area contributed by atoms with Gasteiger partial charge in [-0.1, -0.05) is 47.6 Å². The van der Waals surface area contributed by atoms with Crippen LogP contribution in [0.3, 0.4) is 0 Å². The highest BCUT2D eigenvalue weighted by Gasteiger charge is 2.39. The summed E-state index contributed by atoms with van der Waals surface area (Å²) in [4.78, 5) is 32.3. The molecule has 1 saturated heterocycles. The van der Waals surface area contributed by atoms with Crippen molar-refractivity contribution in [1.29, 1.82) is 0 Å². The Bertz CT molecular complexity index is 1210. The Morgan fingerprint density at radius 3 is 2.53 bits per heavy atom. The molecule has 3 aromatic carbocycles. The lowest BCUT2D eigenvalue weighted by molar-refractivity contribution is -0.128. The van der Waals surface area contributed by atoms with Crippen molar-refractivity contribution in [2.24, 2.45) is 4.99 Å². The summed E-state index contributed by atoms with van der Waals surface area (Å²) >= 11 is 7.32. The maximum Gasteiger partial charge on any atom is 0.242 e. The van der Waals surface area contributed by atoms with Gasteiger partial charge >= 0.3 is 0 Å². The van der Waals surface area contributed by atoms with Crippen molar-refractivity contribution in [2.45, 2.75) is 25.1 Å². The molecule has 1 N–H and O–H groups in total. The third kappa shape index (κ3) is 5.98. The van der Waals surface area contributed by atoms with Crippen LogP contribution in [0, 0.1) is 6.92 Å². The molecule has 1 heterocycles. The van der Waals surface area contributed by atoms with Gasteiger partial charge in [-0.05, 0) is 66.6 Å². The van der Waals surface area contributed by atoms with E-state index in [1.807, 2.05) is 67.6 Å². The molecule has 1 atom stereocenters. The fourth-order valence-corrected chi connectivity index (χ4v) is 4.80. The van der Waals surface area contributed by atoms with Crippen LogP contribution in [0.1, 0.15) is 17.5 Å². The SMILES string of the molecule is COc1ccc(N=C2S[C@H](CC(=O)Nc3cccc(C)c3)C(=O)N2Cc2ccc(Cl)cc2)cc1. The lowest BCUT2D eigenvalue weighted by atomic mass is 10.2. The van der Waals surface area contributed by atoms with E-state index in [1.165, 1.54) is 11.8 Å². The predicted octanol–water partition coefficient (Wildman–Crippen LogP) is 5.82. The minimum atomic E-state index is -0.561. The number of amides is 2. The van der Waals surface area contributed by atoms with Crippen LogP contribution in [0.4, 0.5) is 11.4 Å². The molecule has 174 valence electrons. The van der Waals surface area contributed by atoms with Crippen LogP contribution in [0.25, 0.3) is 0 Å². The van der Waals surface area contributed by atoms with Crippen molar-refractivity contribution in [1.82, 2.24) is 4.90 Å². The van der Waals surface area contributed by atoms with Gasteiger partial charge in [0.15, 0.2) is 5.17 Å². The lowest BCUT2D eigenvalue weighted by Crippen LogP contribution is -2.33. The van der Waals surface area contributed by atoms with E-state index in [1.54, 1.807) is 24.1 Å². The van der Waals surface area contributed by atoms with E-state index in [2.05, 4.69) is 5.32 Å². The zero-order chi connectivity index (χ0) is 24.1. The van der Waals surface area contributed by atoms with Crippen LogP contribution >= 0.6 is 23.4 Å². The number of carbonyl (C=O) groups excluding carboxylic acids is 2. The third-order valence-electron chi connectivity index (χ3n) is 5.24. The molecule has 6 nitrogen and oxygen atoms in total. The van der Waals surface area contributed by atoms with Gasteiger partial charge in [-0.25, -0.2) is 4.99 Å². The van der Waals surface area contributed by atoms with Crippen LogP contribution in [0.5, 0.6) is 5.75 Å². The van der Waals surface area contributed by atoms with Crippen molar-refractivity contribution in [3.8, 4) is 5.75 Å². The molecule has 8 heteroatoms. The smallest absolute Gasteiger partial charge is 0.242 e. The van der Waals surface area contributed by atoms with E-state index in [0.717, 1.165) is 16.9 Å². The van der Waals surface area contributed by atoms with Crippen molar-refractivity contribution < 1.29 is 14.3 Å². The summed E-state index contributed by atoms with van der Waals surface area (Å²) in [5, 5.41) is 3.51. The zero-order valence-electron chi connectivity index (χ0n) is 18.8. The summed E-state index contributed by atoms with van der Waals surface area (Å²) in [6, 6.07) is 22.2. The van der Waals surface area contributed by atoms with Crippen LogP contribution in [-0.4, -0.2) is 34.2 Å². The van der Waals surface area contributed by atoms with Gasteiger partial charge in [0.25, 0.3) is 0 Å². The minimum absolute atomic E-state index is 0.0518. The number of aryl methyl sites for hydroxylation is 1. The van der Waals surface area contributed by atoms with Crippen molar-refractivity contribution in [2.75, 3.05) is 12.4 Å². The Morgan fingerprint density at radius 1 is 1.12 bits per heavy atom. The first kappa shape index (κ1) is 23.9. The second-order valence-corrected chi connectivity index (χ2v) is 9.48. The van der Waals surface area contributed by atoms with Crippen LogP contribution in [0.2, 0.25) is 5.02 Å². The number of amidine groups is 1. The number of hydrogen-bond donors (Lipinski definition) is 1.